The van der Waals surface area contributed by atoms with Crippen LogP contribution < -0.4 is 21.1 Å². The van der Waals surface area contributed by atoms with Crippen LogP contribution in [-0.4, -0.2) is 37.0 Å². The maximum atomic E-state index is 12.1. The molecule has 0 aliphatic heterocycles. The molecule has 0 radical (unpaired) electrons. The normalized spacial score (nSPS) is 12.1. The minimum Gasteiger partial charge on any atom is -0.496 e. The number of rotatable bonds is 8. The summed E-state index contributed by atoms with van der Waals surface area (Å²) < 4.78 is 5.34. The summed E-state index contributed by atoms with van der Waals surface area (Å²) >= 11 is 0. The molecule has 142 valence electrons. The number of nitrogens with two attached hydrogens (primary N) is 1. The molecule has 0 heterocycles. The largest absolute Gasteiger partial charge is 0.496 e. The fourth-order valence-electron chi connectivity index (χ4n) is 2.38. The Hall–Kier alpha value is -1.79. The van der Waals surface area contributed by atoms with Crippen molar-refractivity contribution in [2.24, 2.45) is 11.7 Å². The second-order valence-electron chi connectivity index (χ2n) is 6.91. The van der Waals surface area contributed by atoms with Crippen LogP contribution in [0, 0.1) is 5.92 Å². The van der Waals surface area contributed by atoms with Crippen LogP contribution >= 0.6 is 12.4 Å². The van der Waals surface area contributed by atoms with E-state index in [2.05, 4.69) is 10.6 Å². The number of halogens is 1. The summed E-state index contributed by atoms with van der Waals surface area (Å²) in [6, 6.07) is 7.08. The molecule has 0 fully saturated rings. The van der Waals surface area contributed by atoms with Crippen molar-refractivity contribution >= 4 is 24.2 Å². The summed E-state index contributed by atoms with van der Waals surface area (Å²) in [7, 11) is 1.62. The van der Waals surface area contributed by atoms with Gasteiger partial charge in [0.1, 0.15) is 5.75 Å². The number of para-hydroxylation sites is 1. The summed E-state index contributed by atoms with van der Waals surface area (Å²) in [6.45, 7) is 7.49. The van der Waals surface area contributed by atoms with E-state index in [0.29, 0.717) is 6.42 Å². The van der Waals surface area contributed by atoms with Crippen molar-refractivity contribution in [2.45, 2.75) is 45.7 Å². The monoisotopic (exact) mass is 371 g/mol. The van der Waals surface area contributed by atoms with Crippen LogP contribution in [0.2, 0.25) is 0 Å². The molecule has 7 heteroatoms. The van der Waals surface area contributed by atoms with E-state index in [9.17, 15) is 9.59 Å². The summed E-state index contributed by atoms with van der Waals surface area (Å²) in [5.74, 6) is 0.243. The molecule has 1 rings (SSSR count). The topological polar surface area (TPSA) is 93.5 Å². The van der Waals surface area contributed by atoms with Crippen molar-refractivity contribution in [2.75, 3.05) is 13.7 Å². The Morgan fingerprint density at radius 1 is 1.24 bits per heavy atom. The molecular weight excluding hydrogens is 342 g/mol. The lowest BCUT2D eigenvalue weighted by molar-refractivity contribution is -0.128. The molecule has 0 aliphatic rings. The second kappa shape index (κ2) is 10.3. The fraction of sp³-hybridized carbons (Fsp3) is 0.556. The predicted molar refractivity (Wildman–Crippen MR) is 102 cm³/mol. The van der Waals surface area contributed by atoms with E-state index in [1.165, 1.54) is 0 Å². The highest BCUT2D eigenvalue weighted by Gasteiger charge is 2.23. The van der Waals surface area contributed by atoms with Crippen LogP contribution in [0.15, 0.2) is 24.3 Å². The molecule has 0 unspecified atom stereocenters. The number of methoxy groups -OCH3 is 1. The first-order valence-electron chi connectivity index (χ1n) is 8.12. The summed E-state index contributed by atoms with van der Waals surface area (Å²) in [5, 5.41) is 5.50. The summed E-state index contributed by atoms with van der Waals surface area (Å²) in [4.78, 5) is 23.9. The number of benzene rings is 1. The van der Waals surface area contributed by atoms with E-state index >= 15 is 0 Å². The van der Waals surface area contributed by atoms with Crippen LogP contribution in [0.4, 0.5) is 0 Å². The van der Waals surface area contributed by atoms with Gasteiger partial charge in [-0.2, -0.15) is 0 Å². The smallest absolute Gasteiger partial charge is 0.239 e. The molecule has 25 heavy (non-hydrogen) atoms. The highest BCUT2D eigenvalue weighted by Crippen LogP contribution is 2.22. The van der Waals surface area contributed by atoms with Crippen molar-refractivity contribution < 1.29 is 14.3 Å². The Morgan fingerprint density at radius 2 is 1.84 bits per heavy atom. The highest BCUT2D eigenvalue weighted by atomic mass is 35.5. The Kier molecular flexibility index (Phi) is 9.52. The average molecular weight is 372 g/mol. The number of hydrogen-bond acceptors (Lipinski definition) is 4. The lowest BCUT2D eigenvalue weighted by Crippen LogP contribution is -2.51. The van der Waals surface area contributed by atoms with Crippen molar-refractivity contribution in [3.63, 3.8) is 0 Å². The van der Waals surface area contributed by atoms with Gasteiger partial charge in [-0.3, -0.25) is 9.59 Å². The van der Waals surface area contributed by atoms with Gasteiger partial charge in [0, 0.05) is 5.54 Å². The molecule has 0 saturated carbocycles. The van der Waals surface area contributed by atoms with Crippen LogP contribution in [0.3, 0.4) is 0 Å². The number of hydrogen-bond donors (Lipinski definition) is 3. The third-order valence-corrected chi connectivity index (χ3v) is 3.75. The molecule has 6 nitrogen and oxygen atoms in total. The molecule has 0 spiro atoms. The zero-order valence-corrected chi connectivity index (χ0v) is 16.4. The van der Waals surface area contributed by atoms with E-state index in [1.54, 1.807) is 7.11 Å². The van der Waals surface area contributed by atoms with E-state index in [-0.39, 0.29) is 36.7 Å². The highest BCUT2D eigenvalue weighted by molar-refractivity contribution is 5.87. The number of ether oxygens (including phenoxy) is 1. The Balaban J connectivity index is 0.00000576. The van der Waals surface area contributed by atoms with Gasteiger partial charge in [0.05, 0.1) is 19.7 Å². The maximum Gasteiger partial charge on any atom is 0.239 e. The third kappa shape index (κ3) is 7.75. The van der Waals surface area contributed by atoms with Gasteiger partial charge in [-0.25, -0.2) is 0 Å². The predicted octanol–water partition coefficient (Wildman–Crippen LogP) is 1.65. The third-order valence-electron chi connectivity index (χ3n) is 3.75. The first-order chi connectivity index (χ1) is 11.2. The number of carbonyl (C=O) groups is 2. The van der Waals surface area contributed by atoms with Gasteiger partial charge in [0.25, 0.3) is 0 Å². The van der Waals surface area contributed by atoms with Crippen LogP contribution in [0.1, 0.15) is 33.3 Å². The van der Waals surface area contributed by atoms with Gasteiger partial charge in [-0.05, 0) is 37.8 Å². The van der Waals surface area contributed by atoms with Crippen LogP contribution in [0.25, 0.3) is 0 Å². The first-order valence-corrected chi connectivity index (χ1v) is 8.12. The van der Waals surface area contributed by atoms with Gasteiger partial charge in [0.15, 0.2) is 0 Å². The van der Waals surface area contributed by atoms with E-state index in [0.717, 1.165) is 11.3 Å². The minimum atomic E-state index is -0.612. The Bertz CT molecular complexity index is 576. The van der Waals surface area contributed by atoms with Gasteiger partial charge in [-0.1, -0.05) is 32.0 Å². The number of carbonyl (C=O) groups excluding carboxylic acids is 2. The lowest BCUT2D eigenvalue weighted by atomic mass is 9.94. The van der Waals surface area contributed by atoms with Crippen molar-refractivity contribution in [3.05, 3.63) is 29.8 Å². The number of nitrogens with one attached hydrogen (secondary N) is 2. The van der Waals surface area contributed by atoms with Crippen LogP contribution in [-0.2, 0) is 16.0 Å². The number of amides is 2. The van der Waals surface area contributed by atoms with Crippen molar-refractivity contribution in [1.29, 1.82) is 0 Å². The maximum absolute atomic E-state index is 12.1. The fourth-order valence-corrected chi connectivity index (χ4v) is 2.38. The molecule has 1 atom stereocenters. The molecule has 1 aromatic rings. The molecule has 1 aromatic carbocycles. The van der Waals surface area contributed by atoms with Gasteiger partial charge in [-0.15, -0.1) is 12.4 Å². The van der Waals surface area contributed by atoms with Crippen molar-refractivity contribution in [3.8, 4) is 5.75 Å². The van der Waals surface area contributed by atoms with Gasteiger partial charge in [0.2, 0.25) is 11.8 Å². The first kappa shape index (κ1) is 23.2. The van der Waals surface area contributed by atoms with Gasteiger partial charge >= 0.3 is 0 Å². The van der Waals surface area contributed by atoms with Gasteiger partial charge < -0.3 is 21.1 Å². The Labute approximate surface area is 156 Å². The van der Waals surface area contributed by atoms with Crippen LogP contribution in [0.5, 0.6) is 5.75 Å². The SMILES string of the molecule is COc1ccccc1CC(C)(C)NC(=O)CNC(=O)[C@@H](N)C(C)C.Cl. The molecule has 0 saturated heterocycles. The minimum absolute atomic E-state index is 0. The van der Waals surface area contributed by atoms with E-state index in [4.69, 9.17) is 10.5 Å². The quantitative estimate of drug-likeness (QED) is 0.647. The molecule has 0 bridgehead atoms. The molecular formula is C18H30ClN3O3. The van der Waals surface area contributed by atoms with E-state index < -0.39 is 11.6 Å². The average Bonchev–Trinajstić information content (AvgIpc) is 2.51. The second-order valence-corrected chi connectivity index (χ2v) is 6.91. The summed E-state index contributed by atoms with van der Waals surface area (Å²) in [5.41, 5.74) is 6.28. The Morgan fingerprint density at radius 3 is 2.40 bits per heavy atom. The summed E-state index contributed by atoms with van der Waals surface area (Å²) in [6.07, 6.45) is 0.613. The lowest BCUT2D eigenvalue weighted by Gasteiger charge is -2.27. The zero-order chi connectivity index (χ0) is 18.3. The molecule has 4 N–H and O–H groups in total. The zero-order valence-electron chi connectivity index (χ0n) is 15.6. The standard InChI is InChI=1S/C18H29N3O3.ClH/c1-12(2)16(19)17(23)20-11-15(22)21-18(3,4)10-13-8-6-7-9-14(13)24-5;/h6-9,12,16H,10-11,19H2,1-5H3,(H,20,23)(H,21,22);1H/t16-;/m0./s1. The molecule has 0 aromatic heterocycles. The molecule has 0 aliphatic carbocycles. The molecule has 2 amide bonds. The van der Waals surface area contributed by atoms with E-state index in [1.807, 2.05) is 52.0 Å². The van der Waals surface area contributed by atoms with Crippen molar-refractivity contribution in [1.82, 2.24) is 10.6 Å².